The Morgan fingerprint density at radius 3 is 3.00 bits per heavy atom. The fourth-order valence-corrected chi connectivity index (χ4v) is 2.71. The molecular weight excluding hydrogens is 278 g/mol. The number of rotatable bonds is 4. The third-order valence-electron chi connectivity index (χ3n) is 2.96. The van der Waals surface area contributed by atoms with E-state index in [4.69, 9.17) is 0 Å². The first-order valence-electron chi connectivity index (χ1n) is 5.93. The van der Waals surface area contributed by atoms with Gasteiger partial charge in [0.15, 0.2) is 5.52 Å². The van der Waals surface area contributed by atoms with Crippen LogP contribution in [0.25, 0.3) is 10.2 Å². The molecule has 0 saturated heterocycles. The Balaban J connectivity index is 2.02. The van der Waals surface area contributed by atoms with Crippen LogP contribution in [0.5, 0.6) is 0 Å². The van der Waals surface area contributed by atoms with Crippen molar-refractivity contribution in [1.82, 2.24) is 15.0 Å². The summed E-state index contributed by atoms with van der Waals surface area (Å²) >= 11 is 1.38. The topological polar surface area (TPSA) is 96.7 Å². The van der Waals surface area contributed by atoms with E-state index in [9.17, 15) is 10.1 Å². The number of fused-ring (bicyclic) bond motifs is 1. The second-order valence-electron chi connectivity index (χ2n) is 4.26. The molecule has 1 unspecified atom stereocenters. The number of hydrogen-bond acceptors (Lipinski definition) is 6. The van der Waals surface area contributed by atoms with Gasteiger partial charge in [0.05, 0.1) is 21.2 Å². The second-order valence-corrected chi connectivity index (χ2v) is 5.14. The number of nitrogens with zero attached hydrogens (tertiary/aromatic N) is 3. The zero-order valence-corrected chi connectivity index (χ0v) is 11.3. The van der Waals surface area contributed by atoms with Gasteiger partial charge < -0.3 is 10.3 Å². The number of nitro benzene ring substituents is 1. The van der Waals surface area contributed by atoms with Crippen molar-refractivity contribution in [1.29, 1.82) is 0 Å². The lowest BCUT2D eigenvalue weighted by molar-refractivity contribution is -0.382. The molecule has 2 aromatic heterocycles. The summed E-state index contributed by atoms with van der Waals surface area (Å²) in [6, 6.07) is 3.37. The number of aromatic nitrogens is 3. The molecule has 0 fully saturated rings. The van der Waals surface area contributed by atoms with Crippen molar-refractivity contribution in [3.8, 4) is 0 Å². The van der Waals surface area contributed by atoms with Gasteiger partial charge in [-0.2, -0.15) is 0 Å². The predicted molar refractivity (Wildman–Crippen MR) is 76.9 cm³/mol. The van der Waals surface area contributed by atoms with Crippen LogP contribution in [-0.2, 0) is 0 Å². The Morgan fingerprint density at radius 2 is 2.30 bits per heavy atom. The van der Waals surface area contributed by atoms with Crippen molar-refractivity contribution in [2.24, 2.45) is 0 Å². The molecule has 0 aliphatic rings. The van der Waals surface area contributed by atoms with Crippen molar-refractivity contribution in [2.75, 3.05) is 5.32 Å². The first-order chi connectivity index (χ1) is 9.66. The quantitative estimate of drug-likeness (QED) is 0.568. The van der Waals surface area contributed by atoms with E-state index in [1.807, 2.05) is 13.0 Å². The van der Waals surface area contributed by atoms with Gasteiger partial charge >= 0.3 is 5.69 Å². The molecule has 1 atom stereocenters. The zero-order chi connectivity index (χ0) is 14.1. The van der Waals surface area contributed by atoms with E-state index in [0.717, 1.165) is 10.5 Å². The molecule has 1 aromatic carbocycles. The average molecular weight is 289 g/mol. The summed E-state index contributed by atoms with van der Waals surface area (Å²) in [7, 11) is 0. The third-order valence-corrected chi connectivity index (χ3v) is 3.75. The van der Waals surface area contributed by atoms with Gasteiger partial charge in [-0.3, -0.25) is 10.1 Å². The molecule has 7 nitrogen and oxygen atoms in total. The molecule has 0 aliphatic heterocycles. The monoisotopic (exact) mass is 289 g/mol. The van der Waals surface area contributed by atoms with Crippen LogP contribution in [0.3, 0.4) is 0 Å². The van der Waals surface area contributed by atoms with Gasteiger partial charge in [0.1, 0.15) is 11.5 Å². The predicted octanol–water partition coefficient (Wildman–Crippen LogP) is 3.10. The number of nitrogens with one attached hydrogen (secondary N) is 2. The highest BCUT2D eigenvalue weighted by Crippen LogP contribution is 2.35. The van der Waals surface area contributed by atoms with Crippen LogP contribution >= 0.6 is 11.3 Å². The van der Waals surface area contributed by atoms with Gasteiger partial charge in [-0.1, -0.05) is 0 Å². The van der Waals surface area contributed by atoms with E-state index in [1.165, 1.54) is 11.3 Å². The van der Waals surface area contributed by atoms with Crippen LogP contribution in [0.1, 0.15) is 18.8 Å². The van der Waals surface area contributed by atoms with Gasteiger partial charge in [0, 0.05) is 12.4 Å². The maximum Gasteiger partial charge on any atom is 0.319 e. The molecule has 0 bridgehead atoms. The molecule has 0 amide bonds. The van der Waals surface area contributed by atoms with E-state index in [0.29, 0.717) is 11.2 Å². The van der Waals surface area contributed by atoms with Crippen molar-refractivity contribution in [2.45, 2.75) is 13.0 Å². The molecule has 20 heavy (non-hydrogen) atoms. The molecule has 0 spiro atoms. The number of H-pyrrole nitrogens is 1. The van der Waals surface area contributed by atoms with Crippen molar-refractivity contribution < 1.29 is 4.92 Å². The minimum atomic E-state index is -0.404. The standard InChI is InChI=1S/C12H11N5O2S/c1-7(12-13-4-5-14-12)16-8-2-3-9-10(15-6-20-9)11(8)17(18)19/h2-7,16H,1H3,(H,13,14). The van der Waals surface area contributed by atoms with Crippen LogP contribution in [-0.4, -0.2) is 19.9 Å². The first kappa shape index (κ1) is 12.5. The van der Waals surface area contributed by atoms with Gasteiger partial charge in [-0.05, 0) is 19.1 Å². The van der Waals surface area contributed by atoms with E-state index in [-0.39, 0.29) is 11.7 Å². The lowest BCUT2D eigenvalue weighted by Crippen LogP contribution is -2.10. The number of imidazole rings is 1. The number of anilines is 1. The van der Waals surface area contributed by atoms with E-state index in [2.05, 4.69) is 20.3 Å². The number of hydrogen-bond donors (Lipinski definition) is 2. The van der Waals surface area contributed by atoms with Crippen LogP contribution < -0.4 is 5.32 Å². The number of aromatic amines is 1. The lowest BCUT2D eigenvalue weighted by Gasteiger charge is -2.13. The Hall–Kier alpha value is -2.48. The largest absolute Gasteiger partial charge is 0.370 e. The summed E-state index contributed by atoms with van der Waals surface area (Å²) in [5.41, 5.74) is 2.47. The minimum absolute atomic E-state index is 0.00200. The van der Waals surface area contributed by atoms with E-state index < -0.39 is 4.92 Å². The SMILES string of the molecule is CC(Nc1ccc2scnc2c1[N+](=O)[O-])c1ncc[nH]1. The second kappa shape index (κ2) is 4.89. The van der Waals surface area contributed by atoms with Crippen molar-refractivity contribution in [3.05, 3.63) is 46.0 Å². The molecule has 102 valence electrons. The first-order valence-corrected chi connectivity index (χ1v) is 6.81. The molecule has 3 rings (SSSR count). The summed E-state index contributed by atoms with van der Waals surface area (Å²) in [6.45, 7) is 1.88. The maximum absolute atomic E-state index is 11.3. The molecule has 8 heteroatoms. The van der Waals surface area contributed by atoms with Gasteiger partial charge in [0.2, 0.25) is 0 Å². The van der Waals surface area contributed by atoms with Gasteiger partial charge in [-0.15, -0.1) is 11.3 Å². The van der Waals surface area contributed by atoms with E-state index in [1.54, 1.807) is 24.0 Å². The lowest BCUT2D eigenvalue weighted by atomic mass is 10.2. The van der Waals surface area contributed by atoms with E-state index >= 15 is 0 Å². The normalized spacial score (nSPS) is 12.4. The fourth-order valence-electron chi connectivity index (χ4n) is 2.03. The Bertz CT molecular complexity index is 752. The Morgan fingerprint density at radius 1 is 1.45 bits per heavy atom. The summed E-state index contributed by atoms with van der Waals surface area (Å²) < 4.78 is 0.799. The molecule has 2 heterocycles. The van der Waals surface area contributed by atoms with Gasteiger partial charge in [-0.25, -0.2) is 9.97 Å². The molecule has 0 aliphatic carbocycles. The summed E-state index contributed by atoms with van der Waals surface area (Å²) in [6.07, 6.45) is 3.36. The molecule has 0 saturated carbocycles. The van der Waals surface area contributed by atoms with Crippen molar-refractivity contribution >= 4 is 32.9 Å². The van der Waals surface area contributed by atoms with Crippen LogP contribution in [0.15, 0.2) is 30.0 Å². The van der Waals surface area contributed by atoms with Crippen LogP contribution in [0, 0.1) is 10.1 Å². The smallest absolute Gasteiger partial charge is 0.319 e. The summed E-state index contributed by atoms with van der Waals surface area (Å²) in [5.74, 6) is 0.720. The highest BCUT2D eigenvalue weighted by Gasteiger charge is 2.22. The van der Waals surface area contributed by atoms with Gasteiger partial charge in [0.25, 0.3) is 0 Å². The zero-order valence-electron chi connectivity index (χ0n) is 10.5. The Labute approximate surface area is 117 Å². The highest BCUT2D eigenvalue weighted by molar-refractivity contribution is 7.16. The third kappa shape index (κ3) is 2.10. The fraction of sp³-hybridized carbons (Fsp3) is 0.167. The Kier molecular flexibility index (Phi) is 3.07. The molecular formula is C12H11N5O2S. The average Bonchev–Trinajstić information content (AvgIpc) is 3.08. The highest BCUT2D eigenvalue weighted by atomic mass is 32.1. The van der Waals surface area contributed by atoms with Crippen molar-refractivity contribution in [3.63, 3.8) is 0 Å². The minimum Gasteiger partial charge on any atom is -0.370 e. The summed E-state index contributed by atoms with van der Waals surface area (Å²) in [4.78, 5) is 22.1. The molecule has 3 aromatic rings. The number of nitro groups is 1. The van der Waals surface area contributed by atoms with Crippen LogP contribution in [0.2, 0.25) is 0 Å². The molecule has 0 radical (unpaired) electrons. The van der Waals surface area contributed by atoms with Crippen LogP contribution in [0.4, 0.5) is 11.4 Å². The number of benzene rings is 1. The maximum atomic E-state index is 11.3. The number of thiazole rings is 1. The summed E-state index contributed by atoms with van der Waals surface area (Å²) in [5, 5.41) is 14.4. The molecule has 2 N–H and O–H groups in total.